The number of pyridine rings is 1. The van der Waals surface area contributed by atoms with Crippen molar-refractivity contribution in [1.29, 1.82) is 0 Å². The number of fused-ring (bicyclic) bond motifs is 1. The van der Waals surface area contributed by atoms with Crippen molar-refractivity contribution < 1.29 is 0 Å². The lowest BCUT2D eigenvalue weighted by Gasteiger charge is -2.26. The molecule has 3 heteroatoms. The summed E-state index contributed by atoms with van der Waals surface area (Å²) in [6, 6.07) is 10.5. The summed E-state index contributed by atoms with van der Waals surface area (Å²) in [6.45, 7) is 7.09. The number of anilines is 1. The van der Waals surface area contributed by atoms with E-state index in [-0.39, 0.29) is 0 Å². The molecule has 102 valence electrons. The van der Waals surface area contributed by atoms with Crippen molar-refractivity contribution in [2.45, 2.75) is 26.7 Å². The summed E-state index contributed by atoms with van der Waals surface area (Å²) in [5.41, 5.74) is 9.09. The van der Waals surface area contributed by atoms with Crippen molar-refractivity contribution in [3.63, 3.8) is 0 Å². The molecule has 0 aliphatic heterocycles. The second kappa shape index (κ2) is 6.53. The molecule has 0 aliphatic rings. The molecule has 0 fully saturated rings. The highest BCUT2D eigenvalue weighted by Crippen LogP contribution is 2.26. The topological polar surface area (TPSA) is 42.1 Å². The van der Waals surface area contributed by atoms with Gasteiger partial charge >= 0.3 is 0 Å². The van der Waals surface area contributed by atoms with Gasteiger partial charge in [-0.15, -0.1) is 0 Å². The maximum atomic E-state index is 5.65. The summed E-state index contributed by atoms with van der Waals surface area (Å²) in [4.78, 5) is 7.04. The fourth-order valence-corrected chi connectivity index (χ4v) is 2.45. The second-order valence-corrected chi connectivity index (χ2v) is 4.93. The maximum Gasteiger partial charge on any atom is 0.0726 e. The number of aromatic nitrogens is 1. The number of aryl methyl sites for hydroxylation is 1. The number of rotatable bonds is 6. The largest absolute Gasteiger partial charge is 0.371 e. The average molecular weight is 257 g/mol. The average Bonchev–Trinajstić information content (AvgIpc) is 2.42. The van der Waals surface area contributed by atoms with Crippen molar-refractivity contribution >= 4 is 16.6 Å². The lowest BCUT2D eigenvalue weighted by molar-refractivity contribution is 0.722. The highest BCUT2D eigenvalue weighted by Gasteiger charge is 2.10. The number of hydrogen-bond acceptors (Lipinski definition) is 3. The van der Waals surface area contributed by atoms with E-state index in [9.17, 15) is 0 Å². The summed E-state index contributed by atoms with van der Waals surface area (Å²) < 4.78 is 0. The fourth-order valence-electron chi connectivity index (χ4n) is 2.45. The van der Waals surface area contributed by atoms with Crippen LogP contribution in [0.25, 0.3) is 10.9 Å². The van der Waals surface area contributed by atoms with Gasteiger partial charge < -0.3 is 10.6 Å². The molecule has 1 heterocycles. The molecule has 1 aromatic carbocycles. The number of nitrogens with zero attached hydrogens (tertiary/aromatic N) is 2. The Hall–Kier alpha value is -1.61. The van der Waals surface area contributed by atoms with Gasteiger partial charge in [0.1, 0.15) is 0 Å². The van der Waals surface area contributed by atoms with Crippen LogP contribution in [0, 0.1) is 6.92 Å². The van der Waals surface area contributed by atoms with Gasteiger partial charge in [0.25, 0.3) is 0 Å². The zero-order valence-corrected chi connectivity index (χ0v) is 11.9. The van der Waals surface area contributed by atoms with E-state index < -0.39 is 0 Å². The van der Waals surface area contributed by atoms with Crippen LogP contribution in [-0.2, 0) is 0 Å². The summed E-state index contributed by atoms with van der Waals surface area (Å²) in [7, 11) is 0. The van der Waals surface area contributed by atoms with Crippen molar-refractivity contribution in [3.05, 3.63) is 36.0 Å². The lowest BCUT2D eigenvalue weighted by Crippen LogP contribution is -2.27. The van der Waals surface area contributed by atoms with E-state index in [2.05, 4.69) is 48.0 Å². The zero-order valence-electron chi connectivity index (χ0n) is 11.9. The number of benzene rings is 1. The monoisotopic (exact) mass is 257 g/mol. The standard InChI is InChI=1S/C16H23N3/c1-3-10-19(11-6-9-17)16-12-13(2)18-15-8-5-4-7-14(15)16/h4-5,7-8,12H,3,6,9-11,17H2,1-2H3. The molecule has 1 aromatic heterocycles. The SMILES string of the molecule is CCCN(CCCN)c1cc(C)nc2ccccc12. The van der Waals surface area contributed by atoms with Gasteiger partial charge in [0, 0.05) is 29.9 Å². The van der Waals surface area contributed by atoms with Gasteiger partial charge in [0.2, 0.25) is 0 Å². The predicted octanol–water partition coefficient (Wildman–Crippen LogP) is 3.11. The molecule has 3 nitrogen and oxygen atoms in total. The van der Waals surface area contributed by atoms with Crippen LogP contribution in [0.2, 0.25) is 0 Å². The van der Waals surface area contributed by atoms with Gasteiger partial charge in [-0.1, -0.05) is 25.1 Å². The molecule has 19 heavy (non-hydrogen) atoms. The van der Waals surface area contributed by atoms with Gasteiger partial charge in [-0.3, -0.25) is 4.98 Å². The Kier molecular flexibility index (Phi) is 4.74. The molecule has 0 bridgehead atoms. The van der Waals surface area contributed by atoms with Gasteiger partial charge in [0.15, 0.2) is 0 Å². The van der Waals surface area contributed by atoms with Crippen molar-refractivity contribution in [2.75, 3.05) is 24.5 Å². The van der Waals surface area contributed by atoms with E-state index in [4.69, 9.17) is 5.73 Å². The molecular formula is C16H23N3. The Labute approximate surface area is 115 Å². The first-order valence-corrected chi connectivity index (χ1v) is 7.07. The molecule has 2 aromatic rings. The molecule has 0 radical (unpaired) electrons. The van der Waals surface area contributed by atoms with Crippen molar-refractivity contribution in [3.8, 4) is 0 Å². The first-order chi connectivity index (χ1) is 9.26. The van der Waals surface area contributed by atoms with Crippen LogP contribution >= 0.6 is 0 Å². The summed E-state index contributed by atoms with van der Waals surface area (Å²) in [5.74, 6) is 0. The smallest absolute Gasteiger partial charge is 0.0726 e. The van der Waals surface area contributed by atoms with Crippen molar-refractivity contribution in [1.82, 2.24) is 4.98 Å². The summed E-state index contributed by atoms with van der Waals surface area (Å²) >= 11 is 0. The quantitative estimate of drug-likeness (QED) is 0.864. The highest BCUT2D eigenvalue weighted by molar-refractivity contribution is 5.91. The highest BCUT2D eigenvalue weighted by atomic mass is 15.1. The predicted molar refractivity (Wildman–Crippen MR) is 82.7 cm³/mol. The van der Waals surface area contributed by atoms with Crippen LogP contribution in [0.4, 0.5) is 5.69 Å². The number of para-hydroxylation sites is 1. The van der Waals surface area contributed by atoms with Gasteiger partial charge in [-0.2, -0.15) is 0 Å². The molecule has 0 saturated heterocycles. The van der Waals surface area contributed by atoms with Crippen LogP contribution < -0.4 is 10.6 Å². The third-order valence-corrected chi connectivity index (χ3v) is 3.29. The van der Waals surface area contributed by atoms with E-state index in [1.54, 1.807) is 0 Å². The van der Waals surface area contributed by atoms with Crippen LogP contribution in [0.1, 0.15) is 25.5 Å². The van der Waals surface area contributed by atoms with Crippen LogP contribution in [0.15, 0.2) is 30.3 Å². The molecule has 0 unspecified atom stereocenters. The normalized spacial score (nSPS) is 10.9. The maximum absolute atomic E-state index is 5.65. The van der Waals surface area contributed by atoms with E-state index >= 15 is 0 Å². The van der Waals surface area contributed by atoms with Crippen LogP contribution in [0.3, 0.4) is 0 Å². The second-order valence-electron chi connectivity index (χ2n) is 4.93. The molecule has 2 rings (SSSR count). The van der Waals surface area contributed by atoms with E-state index in [1.165, 1.54) is 11.1 Å². The van der Waals surface area contributed by atoms with Crippen molar-refractivity contribution in [2.24, 2.45) is 5.73 Å². The molecule has 0 amide bonds. The minimum Gasteiger partial charge on any atom is -0.371 e. The molecule has 0 aliphatic carbocycles. The third-order valence-electron chi connectivity index (χ3n) is 3.29. The van der Waals surface area contributed by atoms with E-state index in [0.717, 1.165) is 43.7 Å². The molecule has 0 atom stereocenters. The van der Waals surface area contributed by atoms with E-state index in [1.807, 2.05) is 6.07 Å². The van der Waals surface area contributed by atoms with Gasteiger partial charge in [-0.05, 0) is 38.4 Å². The zero-order chi connectivity index (χ0) is 13.7. The Morgan fingerprint density at radius 1 is 1.21 bits per heavy atom. The van der Waals surface area contributed by atoms with Crippen LogP contribution in [0.5, 0.6) is 0 Å². The molecule has 0 saturated carbocycles. The number of hydrogen-bond donors (Lipinski definition) is 1. The Morgan fingerprint density at radius 3 is 2.74 bits per heavy atom. The molecular weight excluding hydrogens is 234 g/mol. The summed E-state index contributed by atoms with van der Waals surface area (Å²) in [5, 5.41) is 1.23. The minimum absolute atomic E-state index is 0.738. The minimum atomic E-state index is 0.738. The van der Waals surface area contributed by atoms with E-state index in [0.29, 0.717) is 0 Å². The first kappa shape index (κ1) is 13.8. The Morgan fingerprint density at radius 2 is 2.00 bits per heavy atom. The Bertz CT molecular complexity index is 537. The van der Waals surface area contributed by atoms with Gasteiger partial charge in [-0.25, -0.2) is 0 Å². The lowest BCUT2D eigenvalue weighted by atomic mass is 10.1. The molecule has 2 N–H and O–H groups in total. The van der Waals surface area contributed by atoms with Crippen LogP contribution in [-0.4, -0.2) is 24.6 Å². The summed E-state index contributed by atoms with van der Waals surface area (Å²) in [6.07, 6.45) is 2.16. The fraction of sp³-hybridized carbons (Fsp3) is 0.438. The Balaban J connectivity index is 2.45. The van der Waals surface area contributed by atoms with Gasteiger partial charge in [0.05, 0.1) is 5.52 Å². The molecule has 0 spiro atoms. The first-order valence-electron chi connectivity index (χ1n) is 7.07. The third kappa shape index (κ3) is 3.24. The number of nitrogens with two attached hydrogens (primary N) is 1.